The maximum Gasteiger partial charge on any atom is 1.00 e. The van der Waals surface area contributed by atoms with Gasteiger partial charge in [-0.2, -0.15) is 0 Å². The molecule has 0 bridgehead atoms. The van der Waals surface area contributed by atoms with Crippen LogP contribution in [0.2, 0.25) is 0 Å². The molecule has 142 valence electrons. The number of H-pyrrole nitrogens is 1. The Morgan fingerprint density at radius 1 is 1.22 bits per heavy atom. The first-order valence-corrected chi connectivity index (χ1v) is 9.39. The maximum absolute atomic E-state index is 11.7. The molecule has 0 radical (unpaired) electrons. The number of rotatable bonds is 6. The first-order valence-electron chi connectivity index (χ1n) is 6.43. The number of ether oxygens (including phenoxy) is 1. The van der Waals surface area contributed by atoms with Crippen LogP contribution in [0, 0.1) is 0 Å². The molecular weight excluding hydrogens is 406 g/mol. The van der Waals surface area contributed by atoms with Crippen molar-refractivity contribution in [2.24, 2.45) is 0 Å². The van der Waals surface area contributed by atoms with Gasteiger partial charge in [0, 0.05) is 12.3 Å². The molecule has 5 atom stereocenters. The van der Waals surface area contributed by atoms with Crippen LogP contribution in [-0.4, -0.2) is 49.6 Å². The van der Waals surface area contributed by atoms with E-state index in [1.165, 1.54) is 0 Å². The van der Waals surface area contributed by atoms with E-state index in [4.69, 9.17) is 9.63 Å². The van der Waals surface area contributed by atoms with Crippen molar-refractivity contribution in [3.63, 3.8) is 0 Å². The van der Waals surface area contributed by atoms with Crippen LogP contribution in [0.3, 0.4) is 0 Å². The summed E-state index contributed by atoms with van der Waals surface area (Å²) in [6.07, 6.45) is -5.38. The molecule has 4 N–H and O–H groups in total. The van der Waals surface area contributed by atoms with E-state index in [9.17, 15) is 38.7 Å². The molecular formula is C9H12Li2N2O12P2. The Labute approximate surface area is 174 Å². The Balaban J connectivity index is 0.00000338. The van der Waals surface area contributed by atoms with E-state index in [2.05, 4.69) is 8.83 Å². The minimum atomic E-state index is -5.82. The van der Waals surface area contributed by atoms with Gasteiger partial charge < -0.3 is 34.2 Å². The molecule has 0 amide bonds. The van der Waals surface area contributed by atoms with Crippen LogP contribution in [0.5, 0.6) is 0 Å². The monoisotopic (exact) mass is 418 g/mol. The van der Waals surface area contributed by atoms with Gasteiger partial charge in [-0.15, -0.1) is 0 Å². The van der Waals surface area contributed by atoms with E-state index in [-0.39, 0.29) is 37.7 Å². The van der Waals surface area contributed by atoms with Gasteiger partial charge in [0.15, 0.2) is 6.23 Å². The summed E-state index contributed by atoms with van der Waals surface area (Å²) in [6.45, 7) is -0.958. The fourth-order valence-corrected chi connectivity index (χ4v) is 3.58. The van der Waals surface area contributed by atoms with Crippen LogP contribution < -0.4 is 58.8 Å². The third kappa shape index (κ3) is 7.40. The van der Waals surface area contributed by atoms with E-state index < -0.39 is 58.0 Å². The topological polar surface area (TPSA) is 223 Å². The van der Waals surface area contributed by atoms with Crippen LogP contribution in [0.15, 0.2) is 21.9 Å². The van der Waals surface area contributed by atoms with Gasteiger partial charge in [-0.3, -0.25) is 23.2 Å². The number of nitrogens with zero attached hydrogens (tertiary/aromatic N) is 1. The van der Waals surface area contributed by atoms with Crippen molar-refractivity contribution in [1.82, 2.24) is 9.55 Å². The van der Waals surface area contributed by atoms with Crippen molar-refractivity contribution >= 4 is 15.6 Å². The molecule has 2 heterocycles. The largest absolute Gasteiger partial charge is 1.00 e. The molecule has 2 rings (SSSR count). The van der Waals surface area contributed by atoms with Gasteiger partial charge in [0.25, 0.3) is 5.56 Å². The normalized spacial score (nSPS) is 27.3. The van der Waals surface area contributed by atoms with Crippen LogP contribution in [-0.2, 0) is 22.7 Å². The van der Waals surface area contributed by atoms with Crippen molar-refractivity contribution in [1.29, 1.82) is 0 Å². The molecule has 1 aliphatic heterocycles. The summed E-state index contributed by atoms with van der Waals surface area (Å²) in [4.78, 5) is 54.2. The Morgan fingerprint density at radius 3 is 2.33 bits per heavy atom. The zero-order valence-corrected chi connectivity index (χ0v) is 15.8. The molecule has 1 saturated heterocycles. The van der Waals surface area contributed by atoms with Crippen molar-refractivity contribution in [2.75, 3.05) is 6.61 Å². The summed E-state index contributed by atoms with van der Waals surface area (Å²) in [5.74, 6) is 0. The number of phosphoric ester groups is 1. The van der Waals surface area contributed by atoms with Crippen LogP contribution >= 0.6 is 15.6 Å². The number of hydrogen-bond acceptors (Lipinski definition) is 11. The summed E-state index contributed by atoms with van der Waals surface area (Å²) in [6, 6.07) is 0.948. The first kappa shape index (κ1) is 27.0. The van der Waals surface area contributed by atoms with E-state index in [0.717, 1.165) is 16.8 Å². The summed E-state index contributed by atoms with van der Waals surface area (Å²) in [7, 11) is -11.1. The number of aromatic nitrogens is 2. The molecule has 0 spiro atoms. The molecule has 0 aliphatic carbocycles. The zero-order valence-electron chi connectivity index (χ0n) is 14.0. The average Bonchev–Trinajstić information content (AvgIpc) is 2.71. The average molecular weight is 418 g/mol. The van der Waals surface area contributed by atoms with Gasteiger partial charge in [-0.25, -0.2) is 9.36 Å². The van der Waals surface area contributed by atoms with Gasteiger partial charge in [-0.05, 0) is 0 Å². The molecule has 0 aromatic carbocycles. The number of hydrogen-bond donors (Lipinski definition) is 4. The van der Waals surface area contributed by atoms with Gasteiger partial charge >= 0.3 is 51.2 Å². The van der Waals surface area contributed by atoms with Crippen molar-refractivity contribution < 1.29 is 85.3 Å². The summed E-state index contributed by atoms with van der Waals surface area (Å²) in [5, 5.41) is 19.7. The van der Waals surface area contributed by atoms with Crippen molar-refractivity contribution in [3.05, 3.63) is 33.1 Å². The molecule has 0 saturated carbocycles. The molecule has 1 aromatic rings. The number of aliphatic hydroxyl groups is 2. The smallest absolute Gasteiger partial charge is 0.789 e. The molecule has 1 aliphatic rings. The second kappa shape index (κ2) is 10.2. The third-order valence-electron chi connectivity index (χ3n) is 3.07. The summed E-state index contributed by atoms with van der Waals surface area (Å²) >= 11 is 0. The molecule has 27 heavy (non-hydrogen) atoms. The Morgan fingerprint density at radius 2 is 1.81 bits per heavy atom. The van der Waals surface area contributed by atoms with E-state index in [1.807, 2.05) is 4.98 Å². The summed E-state index contributed by atoms with van der Waals surface area (Å²) in [5.41, 5.74) is -1.67. The summed E-state index contributed by atoms with van der Waals surface area (Å²) < 4.78 is 35.0. The SMILES string of the molecule is O=c1cc[15n]([C@@H]2O[C@H](COP(=O)(O)OP(=O)([O-])[O-])[C@H](O)C2O)c(=O)[15nH]1.[Li+].[Li+]. The fourth-order valence-electron chi connectivity index (χ4n) is 2.04. The van der Waals surface area contributed by atoms with Crippen LogP contribution in [0.4, 0.5) is 0 Å². The van der Waals surface area contributed by atoms with Gasteiger partial charge in [0.1, 0.15) is 18.3 Å². The second-order valence-electron chi connectivity index (χ2n) is 4.86. The molecule has 18 heteroatoms. The van der Waals surface area contributed by atoms with Crippen LogP contribution in [0.1, 0.15) is 6.23 Å². The fraction of sp³-hybridized carbons (Fsp3) is 0.556. The van der Waals surface area contributed by atoms with Gasteiger partial charge in [0.2, 0.25) is 0 Å². The molecule has 2 unspecified atom stereocenters. The predicted octanol–water partition coefficient (Wildman–Crippen LogP) is -9.87. The number of aliphatic hydroxyl groups excluding tert-OH is 2. The number of aromatic amines is 1. The van der Waals surface area contributed by atoms with Crippen molar-refractivity contribution in [2.45, 2.75) is 24.5 Å². The van der Waals surface area contributed by atoms with Gasteiger partial charge in [-0.1, -0.05) is 0 Å². The Kier molecular flexibility index (Phi) is 10.2. The van der Waals surface area contributed by atoms with Crippen LogP contribution in [0.25, 0.3) is 0 Å². The molecule has 1 aromatic heterocycles. The van der Waals surface area contributed by atoms with Crippen molar-refractivity contribution in [3.8, 4) is 0 Å². The number of phosphoric acid groups is 2. The van der Waals surface area contributed by atoms with E-state index in [0.29, 0.717) is 0 Å². The van der Waals surface area contributed by atoms with E-state index >= 15 is 0 Å². The first-order chi connectivity index (χ1) is 11.4. The third-order valence-corrected chi connectivity index (χ3v) is 5.17. The zero-order chi connectivity index (χ0) is 19.0. The van der Waals surface area contributed by atoms with E-state index in [1.54, 1.807) is 0 Å². The quantitative estimate of drug-likeness (QED) is 0.250. The maximum atomic E-state index is 11.7. The Bertz CT molecular complexity index is 839. The molecule has 14 nitrogen and oxygen atoms in total. The standard InChI is InChI=1S/C9H14N2O12P2.2Li/c12-5-1-2-11(9(15)10-5)8-7(14)6(13)4(22-8)3-21-25(19,20)23-24(16,17)18;;/h1-2,4,6-8,13-14H,3H2,(H,19,20)(H,10,12,15)(H2,16,17,18);;/q;2*+1/p-2/t4-,6+,7?,8-;;/m1../s1/i10+1,11+1;;. The second-order valence-corrected chi connectivity index (χ2v) is 7.60. The minimum Gasteiger partial charge on any atom is -0.789 e. The van der Waals surface area contributed by atoms with Gasteiger partial charge in [0.05, 0.1) is 14.4 Å². The minimum absolute atomic E-state index is 0. The number of nitrogens with one attached hydrogen (secondary N) is 1. The Hall–Kier alpha value is 0.0148. The molecule has 1 fully saturated rings. The predicted molar refractivity (Wildman–Crippen MR) is 71.7 cm³/mol.